The SMILES string of the molecule is CCCN(CCC)c1ccc(/C=C(\C(=O)OC)c2cc(=O)[nH]c(=S)[nH]2)cc1. The highest BCUT2D eigenvalue weighted by atomic mass is 32.1. The molecule has 0 atom stereocenters. The molecule has 0 aliphatic heterocycles. The van der Waals surface area contributed by atoms with E-state index in [9.17, 15) is 9.59 Å². The number of nitrogens with zero attached hydrogens (tertiary/aromatic N) is 1. The zero-order valence-corrected chi connectivity index (χ0v) is 16.7. The number of ether oxygens (including phenoxy) is 1. The number of rotatable bonds is 8. The Morgan fingerprint density at radius 1 is 1.15 bits per heavy atom. The predicted octanol–water partition coefficient (Wildman–Crippen LogP) is 3.77. The average Bonchev–Trinajstić information content (AvgIpc) is 2.65. The number of aromatic nitrogens is 2. The van der Waals surface area contributed by atoms with Crippen LogP contribution < -0.4 is 10.5 Å². The predicted molar refractivity (Wildman–Crippen MR) is 111 cm³/mol. The van der Waals surface area contributed by atoms with Gasteiger partial charge in [-0.15, -0.1) is 0 Å². The Hall–Kier alpha value is -2.67. The molecule has 2 aromatic rings. The summed E-state index contributed by atoms with van der Waals surface area (Å²) in [6, 6.07) is 9.24. The molecule has 0 bridgehead atoms. The van der Waals surface area contributed by atoms with Gasteiger partial charge in [-0.1, -0.05) is 26.0 Å². The summed E-state index contributed by atoms with van der Waals surface area (Å²) < 4.78 is 5.01. The third kappa shape index (κ3) is 5.65. The van der Waals surface area contributed by atoms with Crippen LogP contribution in [0.2, 0.25) is 0 Å². The van der Waals surface area contributed by atoms with Crippen molar-refractivity contribution in [1.82, 2.24) is 9.97 Å². The number of anilines is 1. The molecular weight excluding hydrogens is 362 g/mol. The van der Waals surface area contributed by atoms with Crippen LogP contribution in [-0.2, 0) is 9.53 Å². The molecule has 2 rings (SSSR count). The summed E-state index contributed by atoms with van der Waals surface area (Å²) >= 11 is 4.99. The smallest absolute Gasteiger partial charge is 0.339 e. The van der Waals surface area contributed by atoms with Crippen molar-refractivity contribution in [3.63, 3.8) is 0 Å². The Kier molecular flexibility index (Phi) is 7.55. The van der Waals surface area contributed by atoms with E-state index < -0.39 is 5.97 Å². The van der Waals surface area contributed by atoms with Crippen molar-refractivity contribution in [1.29, 1.82) is 0 Å². The third-order valence-corrected chi connectivity index (χ3v) is 4.22. The van der Waals surface area contributed by atoms with Crippen LogP contribution in [-0.4, -0.2) is 36.1 Å². The maximum Gasteiger partial charge on any atom is 0.339 e. The van der Waals surface area contributed by atoms with Gasteiger partial charge >= 0.3 is 5.97 Å². The van der Waals surface area contributed by atoms with E-state index in [1.807, 2.05) is 24.3 Å². The summed E-state index contributed by atoms with van der Waals surface area (Å²) in [5, 5.41) is 0. The van der Waals surface area contributed by atoms with E-state index in [0.717, 1.165) is 37.2 Å². The van der Waals surface area contributed by atoms with Crippen molar-refractivity contribution in [3.8, 4) is 0 Å². The number of H-pyrrole nitrogens is 2. The summed E-state index contributed by atoms with van der Waals surface area (Å²) in [5.74, 6) is -0.547. The molecule has 0 aliphatic carbocycles. The molecule has 0 fully saturated rings. The van der Waals surface area contributed by atoms with Gasteiger partial charge in [0, 0.05) is 24.8 Å². The van der Waals surface area contributed by atoms with E-state index in [1.54, 1.807) is 6.08 Å². The van der Waals surface area contributed by atoms with E-state index >= 15 is 0 Å². The van der Waals surface area contributed by atoms with Crippen LogP contribution in [0.25, 0.3) is 11.6 Å². The van der Waals surface area contributed by atoms with Gasteiger partial charge in [-0.25, -0.2) is 4.79 Å². The van der Waals surface area contributed by atoms with E-state index in [2.05, 4.69) is 28.7 Å². The molecule has 6 nitrogen and oxygen atoms in total. The molecule has 0 saturated heterocycles. The first-order valence-electron chi connectivity index (χ1n) is 8.97. The lowest BCUT2D eigenvalue weighted by molar-refractivity contribution is -0.133. The molecule has 27 heavy (non-hydrogen) atoms. The molecule has 0 radical (unpaired) electrons. The fraction of sp³-hybridized carbons (Fsp3) is 0.350. The first-order chi connectivity index (χ1) is 13.0. The van der Waals surface area contributed by atoms with Gasteiger partial charge in [0.15, 0.2) is 4.77 Å². The molecular formula is C20H25N3O3S. The zero-order chi connectivity index (χ0) is 19.8. The minimum atomic E-state index is -0.547. The van der Waals surface area contributed by atoms with Crippen LogP contribution in [0.5, 0.6) is 0 Å². The number of hydrogen-bond acceptors (Lipinski definition) is 5. The lowest BCUT2D eigenvalue weighted by Crippen LogP contribution is -2.24. The van der Waals surface area contributed by atoms with Crippen LogP contribution in [0, 0.1) is 4.77 Å². The average molecular weight is 388 g/mol. The highest BCUT2D eigenvalue weighted by Crippen LogP contribution is 2.21. The molecule has 0 aliphatic rings. The second kappa shape index (κ2) is 9.87. The number of benzene rings is 1. The molecule has 1 heterocycles. The van der Waals surface area contributed by atoms with E-state index in [4.69, 9.17) is 17.0 Å². The lowest BCUT2D eigenvalue weighted by atomic mass is 10.1. The van der Waals surface area contributed by atoms with Gasteiger partial charge in [-0.3, -0.25) is 9.78 Å². The molecule has 0 unspecified atom stereocenters. The number of methoxy groups -OCH3 is 1. The highest BCUT2D eigenvalue weighted by Gasteiger charge is 2.14. The zero-order valence-electron chi connectivity index (χ0n) is 15.9. The Labute approximate surface area is 163 Å². The van der Waals surface area contributed by atoms with Gasteiger partial charge < -0.3 is 14.6 Å². The molecule has 0 amide bonds. The molecule has 1 aromatic carbocycles. The third-order valence-electron chi connectivity index (χ3n) is 4.01. The molecule has 2 N–H and O–H groups in total. The first kappa shape index (κ1) is 20.6. The summed E-state index contributed by atoms with van der Waals surface area (Å²) in [4.78, 5) is 31.5. The number of carbonyl (C=O) groups excluding carboxylic acids is 1. The van der Waals surface area contributed by atoms with Gasteiger partial charge in [-0.05, 0) is 48.8 Å². The van der Waals surface area contributed by atoms with E-state index in [-0.39, 0.29) is 15.9 Å². The maximum atomic E-state index is 12.2. The molecule has 7 heteroatoms. The summed E-state index contributed by atoms with van der Waals surface area (Å²) in [6.07, 6.45) is 3.84. The normalized spacial score (nSPS) is 11.3. The standard InChI is InChI=1S/C20H25N3O3S/c1-4-10-23(11-5-2)15-8-6-14(7-9-15)12-16(19(25)26-3)17-13-18(24)22-20(27)21-17/h6-9,12-13H,4-5,10-11H2,1-3H3,(H2,21,22,24,27)/b16-12-. The highest BCUT2D eigenvalue weighted by molar-refractivity contribution is 7.71. The molecule has 144 valence electrons. The van der Waals surface area contributed by atoms with Crippen molar-refractivity contribution in [2.75, 3.05) is 25.1 Å². The quantitative estimate of drug-likeness (QED) is 0.409. The van der Waals surface area contributed by atoms with Crippen LogP contribution >= 0.6 is 12.2 Å². The fourth-order valence-electron chi connectivity index (χ4n) is 2.83. The van der Waals surface area contributed by atoms with Crippen molar-refractivity contribution >= 4 is 35.5 Å². The van der Waals surface area contributed by atoms with E-state index in [0.29, 0.717) is 5.69 Å². The van der Waals surface area contributed by atoms with Gasteiger partial charge in [0.2, 0.25) is 0 Å². The van der Waals surface area contributed by atoms with Crippen molar-refractivity contribution in [2.24, 2.45) is 0 Å². The number of aromatic amines is 2. The minimum absolute atomic E-state index is 0.150. The monoisotopic (exact) mass is 387 g/mol. The first-order valence-corrected chi connectivity index (χ1v) is 9.38. The Balaban J connectivity index is 2.40. The number of esters is 1. The Morgan fingerprint density at radius 3 is 2.30 bits per heavy atom. The van der Waals surface area contributed by atoms with Gasteiger partial charge in [0.25, 0.3) is 5.56 Å². The van der Waals surface area contributed by atoms with Crippen molar-refractivity contribution < 1.29 is 9.53 Å². The largest absolute Gasteiger partial charge is 0.465 e. The van der Waals surface area contributed by atoms with Gasteiger partial charge in [0.1, 0.15) is 0 Å². The summed E-state index contributed by atoms with van der Waals surface area (Å²) in [6.45, 7) is 6.32. The molecule has 0 spiro atoms. The maximum absolute atomic E-state index is 12.2. The van der Waals surface area contributed by atoms with Crippen LogP contribution in [0.4, 0.5) is 5.69 Å². The second-order valence-electron chi connectivity index (χ2n) is 6.13. The molecule has 0 saturated carbocycles. The van der Waals surface area contributed by atoms with Crippen LogP contribution in [0.15, 0.2) is 35.1 Å². The Bertz CT molecular complexity index is 879. The summed E-state index contributed by atoms with van der Waals surface area (Å²) in [5.41, 5.74) is 2.14. The van der Waals surface area contributed by atoms with Crippen molar-refractivity contribution in [2.45, 2.75) is 26.7 Å². The van der Waals surface area contributed by atoms with Crippen LogP contribution in [0.1, 0.15) is 37.9 Å². The van der Waals surface area contributed by atoms with Crippen molar-refractivity contribution in [3.05, 3.63) is 56.7 Å². The minimum Gasteiger partial charge on any atom is -0.465 e. The van der Waals surface area contributed by atoms with E-state index in [1.165, 1.54) is 13.2 Å². The Morgan fingerprint density at radius 2 is 1.78 bits per heavy atom. The second-order valence-corrected chi connectivity index (χ2v) is 6.54. The fourth-order valence-corrected chi connectivity index (χ4v) is 3.04. The van der Waals surface area contributed by atoms with Gasteiger partial charge in [0.05, 0.1) is 18.4 Å². The topological polar surface area (TPSA) is 78.2 Å². The van der Waals surface area contributed by atoms with Gasteiger partial charge in [-0.2, -0.15) is 0 Å². The number of hydrogen-bond donors (Lipinski definition) is 2. The lowest BCUT2D eigenvalue weighted by Gasteiger charge is -2.23. The number of nitrogens with one attached hydrogen (secondary N) is 2. The number of carbonyl (C=O) groups is 1. The molecule has 1 aromatic heterocycles. The summed E-state index contributed by atoms with van der Waals surface area (Å²) in [7, 11) is 1.30. The van der Waals surface area contributed by atoms with Crippen LogP contribution in [0.3, 0.4) is 0 Å².